The number of alkyl carbamates (subject to hydrolysis) is 1. The molecular weight excluding hydrogens is 326 g/mol. The van der Waals surface area contributed by atoms with Crippen molar-refractivity contribution in [3.05, 3.63) is 28.8 Å². The topological polar surface area (TPSA) is 79.5 Å². The number of hydrogen-bond donors (Lipinski definition) is 4. The van der Waals surface area contributed by atoms with E-state index in [0.717, 1.165) is 5.56 Å². The van der Waals surface area contributed by atoms with E-state index >= 15 is 0 Å². The Kier molecular flexibility index (Phi) is 6.83. The lowest BCUT2D eigenvalue weighted by Gasteiger charge is -2.19. The minimum atomic E-state index is -0.520. The van der Waals surface area contributed by atoms with Crippen LogP contribution in [0.5, 0.6) is 0 Å². The molecule has 0 heterocycles. The second-order valence-electron chi connectivity index (χ2n) is 5.56. The van der Waals surface area contributed by atoms with E-state index < -0.39 is 17.7 Å². The fourth-order valence-corrected chi connectivity index (χ4v) is 1.90. The van der Waals surface area contributed by atoms with Gasteiger partial charge < -0.3 is 15.4 Å². The van der Waals surface area contributed by atoms with E-state index in [1.54, 1.807) is 32.9 Å². The molecule has 0 bridgehead atoms. The third-order valence-corrected chi connectivity index (χ3v) is 2.98. The van der Waals surface area contributed by atoms with E-state index in [0.29, 0.717) is 23.7 Å². The first-order chi connectivity index (χ1) is 10.2. The molecule has 0 unspecified atom stereocenters. The van der Waals surface area contributed by atoms with Gasteiger partial charge in [-0.15, -0.1) is 0 Å². The molecule has 3 amide bonds. The van der Waals surface area contributed by atoms with Crippen LogP contribution in [0.15, 0.2) is 18.2 Å². The molecule has 0 spiro atoms. The highest BCUT2D eigenvalue weighted by molar-refractivity contribution is 7.78. The number of hydrogen-bond acceptors (Lipinski definition) is 4. The van der Waals surface area contributed by atoms with Gasteiger partial charge in [-0.2, -0.15) is 0 Å². The standard InChI is InChI=1S/C14H20ClN3O3S/c1-14(2,3)21-13(20)16-7-6-9-4-5-11(10(15)8-9)17-12(19)18-22/h4-5,8,22H,6-7H2,1-3H3,(H,16,20)(H2,17,18,19). The number of benzene rings is 1. The summed E-state index contributed by atoms with van der Waals surface area (Å²) < 4.78 is 7.28. The van der Waals surface area contributed by atoms with E-state index in [1.807, 2.05) is 6.07 Å². The van der Waals surface area contributed by atoms with Gasteiger partial charge in [0.15, 0.2) is 0 Å². The lowest BCUT2D eigenvalue weighted by atomic mass is 10.1. The van der Waals surface area contributed by atoms with Gasteiger partial charge in [0.1, 0.15) is 5.60 Å². The van der Waals surface area contributed by atoms with Crippen molar-refractivity contribution >= 4 is 42.2 Å². The zero-order valence-electron chi connectivity index (χ0n) is 12.7. The number of carbonyl (C=O) groups is 2. The third-order valence-electron chi connectivity index (χ3n) is 2.47. The Morgan fingerprint density at radius 1 is 1.32 bits per heavy atom. The summed E-state index contributed by atoms with van der Waals surface area (Å²) in [5, 5.41) is 5.62. The summed E-state index contributed by atoms with van der Waals surface area (Å²) >= 11 is 9.72. The van der Waals surface area contributed by atoms with Gasteiger partial charge in [-0.05, 0) is 44.9 Å². The van der Waals surface area contributed by atoms with Crippen molar-refractivity contribution in [2.75, 3.05) is 11.9 Å². The molecule has 0 aliphatic heterocycles. The molecular formula is C14H20ClN3O3S. The summed E-state index contributed by atoms with van der Waals surface area (Å²) in [5.41, 5.74) is 0.892. The number of anilines is 1. The van der Waals surface area contributed by atoms with Crippen LogP contribution < -0.4 is 15.4 Å². The highest BCUT2D eigenvalue weighted by Crippen LogP contribution is 2.23. The van der Waals surface area contributed by atoms with Crippen LogP contribution in [-0.2, 0) is 11.2 Å². The lowest BCUT2D eigenvalue weighted by Crippen LogP contribution is -2.33. The summed E-state index contributed by atoms with van der Waals surface area (Å²) in [5.74, 6) is 0. The van der Waals surface area contributed by atoms with Crippen molar-refractivity contribution < 1.29 is 14.3 Å². The van der Waals surface area contributed by atoms with Gasteiger partial charge in [0.25, 0.3) is 0 Å². The second-order valence-corrected chi connectivity index (χ2v) is 6.19. The maximum absolute atomic E-state index is 11.5. The molecule has 0 saturated heterocycles. The minimum absolute atomic E-state index is 0.409. The highest BCUT2D eigenvalue weighted by atomic mass is 35.5. The Hall–Kier alpha value is -1.60. The molecule has 1 aromatic carbocycles. The molecule has 0 aliphatic rings. The van der Waals surface area contributed by atoms with Crippen LogP contribution in [0.3, 0.4) is 0 Å². The largest absolute Gasteiger partial charge is 0.444 e. The number of halogens is 1. The Morgan fingerprint density at radius 2 is 2.00 bits per heavy atom. The molecule has 1 aromatic rings. The van der Waals surface area contributed by atoms with E-state index in [-0.39, 0.29) is 0 Å². The Labute approximate surface area is 140 Å². The van der Waals surface area contributed by atoms with E-state index in [1.165, 1.54) is 0 Å². The zero-order chi connectivity index (χ0) is 16.8. The monoisotopic (exact) mass is 345 g/mol. The third kappa shape index (κ3) is 6.91. The summed E-state index contributed by atoms with van der Waals surface area (Å²) in [6, 6.07) is 4.77. The SMILES string of the molecule is CC(C)(C)OC(=O)NCCc1ccc(NC(=O)NS)c(Cl)c1. The predicted molar refractivity (Wildman–Crippen MR) is 90.5 cm³/mol. The molecule has 0 fully saturated rings. The molecule has 3 N–H and O–H groups in total. The average molecular weight is 346 g/mol. The van der Waals surface area contributed by atoms with Crippen molar-refractivity contribution in [2.45, 2.75) is 32.8 Å². The molecule has 0 aromatic heterocycles. The summed E-state index contributed by atoms with van der Waals surface area (Å²) in [4.78, 5) is 22.7. The molecule has 122 valence electrons. The Morgan fingerprint density at radius 3 is 2.55 bits per heavy atom. The number of ether oxygens (including phenoxy) is 1. The van der Waals surface area contributed by atoms with Crippen LogP contribution in [0.4, 0.5) is 15.3 Å². The van der Waals surface area contributed by atoms with Gasteiger partial charge in [-0.3, -0.25) is 4.72 Å². The first kappa shape index (κ1) is 18.4. The molecule has 8 heteroatoms. The van der Waals surface area contributed by atoms with Crippen LogP contribution >= 0.6 is 24.4 Å². The van der Waals surface area contributed by atoms with E-state index in [2.05, 4.69) is 28.2 Å². The number of rotatable bonds is 4. The maximum atomic E-state index is 11.5. The summed E-state index contributed by atoms with van der Waals surface area (Å²) in [7, 11) is 0. The fourth-order valence-electron chi connectivity index (χ4n) is 1.59. The normalized spacial score (nSPS) is 10.8. The smallest absolute Gasteiger partial charge is 0.407 e. The highest BCUT2D eigenvalue weighted by Gasteiger charge is 2.15. The van der Waals surface area contributed by atoms with Crippen molar-refractivity contribution in [1.82, 2.24) is 10.0 Å². The van der Waals surface area contributed by atoms with Crippen LogP contribution in [0.2, 0.25) is 5.02 Å². The van der Waals surface area contributed by atoms with E-state index in [4.69, 9.17) is 16.3 Å². The average Bonchev–Trinajstić information content (AvgIpc) is 2.39. The first-order valence-corrected chi connectivity index (χ1v) is 7.50. The van der Waals surface area contributed by atoms with Crippen molar-refractivity contribution in [3.8, 4) is 0 Å². The molecule has 0 atom stereocenters. The van der Waals surface area contributed by atoms with Gasteiger partial charge in [0.2, 0.25) is 0 Å². The number of thiol groups is 1. The number of carbonyl (C=O) groups excluding carboxylic acids is 2. The zero-order valence-corrected chi connectivity index (χ0v) is 14.3. The number of nitrogens with one attached hydrogen (secondary N) is 3. The van der Waals surface area contributed by atoms with E-state index in [9.17, 15) is 9.59 Å². The van der Waals surface area contributed by atoms with Crippen LogP contribution in [-0.4, -0.2) is 24.3 Å². The number of urea groups is 1. The quantitative estimate of drug-likeness (QED) is 0.632. The Bertz CT molecular complexity index is 547. The van der Waals surface area contributed by atoms with Crippen molar-refractivity contribution in [3.63, 3.8) is 0 Å². The van der Waals surface area contributed by atoms with Gasteiger partial charge in [-0.25, -0.2) is 9.59 Å². The van der Waals surface area contributed by atoms with Crippen molar-refractivity contribution in [2.24, 2.45) is 0 Å². The van der Waals surface area contributed by atoms with Crippen LogP contribution in [0.1, 0.15) is 26.3 Å². The van der Waals surface area contributed by atoms with Gasteiger partial charge in [0, 0.05) is 6.54 Å². The lowest BCUT2D eigenvalue weighted by molar-refractivity contribution is 0.0528. The minimum Gasteiger partial charge on any atom is -0.444 e. The van der Waals surface area contributed by atoms with Gasteiger partial charge in [-0.1, -0.05) is 30.5 Å². The van der Waals surface area contributed by atoms with Crippen LogP contribution in [0, 0.1) is 0 Å². The van der Waals surface area contributed by atoms with Crippen molar-refractivity contribution in [1.29, 1.82) is 0 Å². The van der Waals surface area contributed by atoms with Crippen LogP contribution in [0.25, 0.3) is 0 Å². The molecule has 0 radical (unpaired) electrons. The summed E-state index contributed by atoms with van der Waals surface area (Å²) in [6.45, 7) is 5.84. The molecule has 6 nitrogen and oxygen atoms in total. The van der Waals surface area contributed by atoms with Gasteiger partial charge >= 0.3 is 12.1 Å². The maximum Gasteiger partial charge on any atom is 0.407 e. The second kappa shape index (κ2) is 8.14. The summed E-state index contributed by atoms with van der Waals surface area (Å²) in [6.07, 6.45) is 0.139. The molecule has 0 aliphatic carbocycles. The number of amides is 3. The molecule has 0 saturated carbocycles. The molecule has 22 heavy (non-hydrogen) atoms. The Balaban J connectivity index is 2.49. The predicted octanol–water partition coefficient (Wildman–Crippen LogP) is 3.37. The molecule has 1 rings (SSSR count). The first-order valence-electron chi connectivity index (χ1n) is 6.67. The fraction of sp³-hybridized carbons (Fsp3) is 0.429. The van der Waals surface area contributed by atoms with Gasteiger partial charge in [0.05, 0.1) is 10.7 Å².